The smallest absolute Gasteiger partial charge is 0.229 e. The first-order valence-electron chi connectivity index (χ1n) is 5.53. The van der Waals surface area contributed by atoms with E-state index in [0.29, 0.717) is 17.7 Å². The monoisotopic (exact) mass is 279 g/mol. The lowest BCUT2D eigenvalue weighted by Crippen LogP contribution is -2.09. The van der Waals surface area contributed by atoms with Gasteiger partial charge in [0.15, 0.2) is 12.0 Å². The molecule has 0 atom stereocenters. The molecule has 0 unspecified atom stereocenters. The molecule has 0 amide bonds. The van der Waals surface area contributed by atoms with E-state index in [1.54, 1.807) is 30.3 Å². The first-order valence-corrected chi connectivity index (χ1v) is 7.42. The summed E-state index contributed by atoms with van der Waals surface area (Å²) in [4.78, 5) is 10.6. The number of benzene rings is 1. The molecule has 0 saturated carbocycles. The molecule has 0 radical (unpaired) electrons. The Morgan fingerprint density at radius 1 is 1.21 bits per heavy atom. The van der Waals surface area contributed by atoms with Crippen molar-refractivity contribution >= 4 is 22.0 Å². The van der Waals surface area contributed by atoms with Crippen molar-refractivity contribution in [1.82, 2.24) is 0 Å². The molecule has 0 aliphatic rings. The second kappa shape index (κ2) is 4.89. The summed E-state index contributed by atoms with van der Waals surface area (Å²) in [6.45, 7) is 1.84. The van der Waals surface area contributed by atoms with Gasteiger partial charge in [-0.2, -0.15) is 0 Å². The molecule has 0 saturated heterocycles. The van der Waals surface area contributed by atoms with Gasteiger partial charge in [-0.1, -0.05) is 0 Å². The highest BCUT2D eigenvalue weighted by molar-refractivity contribution is 7.92. The molecular formula is C13H13NO4S. The van der Waals surface area contributed by atoms with Gasteiger partial charge in [0.1, 0.15) is 5.76 Å². The Hall–Kier alpha value is -2.08. The van der Waals surface area contributed by atoms with Crippen molar-refractivity contribution in [2.45, 2.75) is 6.92 Å². The minimum atomic E-state index is -3.29. The average molecular weight is 279 g/mol. The van der Waals surface area contributed by atoms with Gasteiger partial charge in [0.2, 0.25) is 10.0 Å². The van der Waals surface area contributed by atoms with E-state index in [4.69, 9.17) is 4.42 Å². The highest BCUT2D eigenvalue weighted by atomic mass is 32.2. The third-order valence-electron chi connectivity index (χ3n) is 2.54. The molecule has 0 fully saturated rings. The summed E-state index contributed by atoms with van der Waals surface area (Å²) in [6.07, 6.45) is 1.73. The highest BCUT2D eigenvalue weighted by Crippen LogP contribution is 2.27. The molecule has 0 spiro atoms. The van der Waals surface area contributed by atoms with Crippen LogP contribution < -0.4 is 4.72 Å². The third kappa shape index (κ3) is 3.23. The third-order valence-corrected chi connectivity index (χ3v) is 3.14. The Morgan fingerprint density at radius 2 is 1.95 bits per heavy atom. The van der Waals surface area contributed by atoms with Crippen molar-refractivity contribution in [3.63, 3.8) is 0 Å². The standard InChI is InChI=1S/C13H13NO4S/c1-9-7-10(14-19(2,16)17)3-5-12(9)13-6-4-11(8-15)18-13/h3-8,14H,1-2H3. The van der Waals surface area contributed by atoms with Gasteiger partial charge in [-0.15, -0.1) is 0 Å². The summed E-state index contributed by atoms with van der Waals surface area (Å²) in [5.41, 5.74) is 2.15. The van der Waals surface area contributed by atoms with Gasteiger partial charge in [0.25, 0.3) is 0 Å². The molecule has 2 rings (SSSR count). The molecular weight excluding hydrogens is 266 g/mol. The number of rotatable bonds is 4. The molecule has 0 aliphatic carbocycles. The fourth-order valence-corrected chi connectivity index (χ4v) is 2.33. The lowest BCUT2D eigenvalue weighted by molar-refractivity contribution is 0.110. The summed E-state index contributed by atoms with van der Waals surface area (Å²) >= 11 is 0. The molecule has 1 heterocycles. The first-order chi connectivity index (χ1) is 8.89. The van der Waals surface area contributed by atoms with Crippen LogP contribution in [0, 0.1) is 6.92 Å². The fraction of sp³-hybridized carbons (Fsp3) is 0.154. The van der Waals surface area contributed by atoms with Crippen LogP contribution in [0.2, 0.25) is 0 Å². The van der Waals surface area contributed by atoms with E-state index in [2.05, 4.69) is 4.72 Å². The van der Waals surface area contributed by atoms with Crippen molar-refractivity contribution in [2.24, 2.45) is 0 Å². The number of sulfonamides is 1. The van der Waals surface area contributed by atoms with E-state index in [1.807, 2.05) is 6.92 Å². The Morgan fingerprint density at radius 3 is 2.47 bits per heavy atom. The predicted molar refractivity (Wildman–Crippen MR) is 72.7 cm³/mol. The number of hydrogen-bond acceptors (Lipinski definition) is 4. The van der Waals surface area contributed by atoms with Crippen molar-refractivity contribution in [1.29, 1.82) is 0 Å². The number of carbonyl (C=O) groups excluding carboxylic acids is 1. The molecule has 5 nitrogen and oxygen atoms in total. The molecule has 1 N–H and O–H groups in total. The van der Waals surface area contributed by atoms with Crippen molar-refractivity contribution < 1.29 is 17.6 Å². The summed E-state index contributed by atoms with van der Waals surface area (Å²) < 4.78 is 30.0. The zero-order chi connectivity index (χ0) is 14.0. The maximum atomic E-state index is 11.1. The zero-order valence-corrected chi connectivity index (χ0v) is 11.3. The molecule has 0 bridgehead atoms. The van der Waals surface area contributed by atoms with Crippen molar-refractivity contribution in [3.05, 3.63) is 41.7 Å². The Bertz CT molecular complexity index is 716. The minimum Gasteiger partial charge on any atom is -0.453 e. The zero-order valence-electron chi connectivity index (χ0n) is 10.5. The number of carbonyl (C=O) groups is 1. The topological polar surface area (TPSA) is 76.4 Å². The lowest BCUT2D eigenvalue weighted by atomic mass is 10.1. The summed E-state index contributed by atoms with van der Waals surface area (Å²) in [5.74, 6) is 0.832. The largest absolute Gasteiger partial charge is 0.453 e. The van der Waals surface area contributed by atoms with E-state index in [-0.39, 0.29) is 5.76 Å². The van der Waals surface area contributed by atoms with Crippen LogP contribution in [0.1, 0.15) is 16.1 Å². The van der Waals surface area contributed by atoms with Crippen molar-refractivity contribution in [2.75, 3.05) is 11.0 Å². The van der Waals surface area contributed by atoms with Gasteiger partial charge in [-0.05, 0) is 42.8 Å². The second-order valence-electron chi connectivity index (χ2n) is 4.22. The van der Waals surface area contributed by atoms with Crippen LogP contribution in [0.5, 0.6) is 0 Å². The SMILES string of the molecule is Cc1cc(NS(C)(=O)=O)ccc1-c1ccc(C=O)o1. The van der Waals surface area contributed by atoms with E-state index >= 15 is 0 Å². The van der Waals surface area contributed by atoms with E-state index < -0.39 is 10.0 Å². The number of aryl methyl sites for hydroxylation is 1. The Kier molecular flexibility index (Phi) is 3.44. The van der Waals surface area contributed by atoms with Crippen LogP contribution in [-0.2, 0) is 10.0 Å². The fourth-order valence-electron chi connectivity index (χ4n) is 1.78. The second-order valence-corrected chi connectivity index (χ2v) is 5.97. The van der Waals surface area contributed by atoms with Gasteiger partial charge in [-0.25, -0.2) is 8.42 Å². The number of anilines is 1. The van der Waals surface area contributed by atoms with Gasteiger partial charge in [0, 0.05) is 11.3 Å². The Balaban J connectivity index is 2.36. The van der Waals surface area contributed by atoms with Crippen LogP contribution >= 0.6 is 0 Å². The van der Waals surface area contributed by atoms with Crippen LogP contribution in [0.3, 0.4) is 0 Å². The number of hydrogen-bond donors (Lipinski definition) is 1. The van der Waals surface area contributed by atoms with Gasteiger partial charge in [0.05, 0.1) is 6.26 Å². The molecule has 6 heteroatoms. The molecule has 19 heavy (non-hydrogen) atoms. The van der Waals surface area contributed by atoms with E-state index in [0.717, 1.165) is 17.4 Å². The Labute approximate surface area is 111 Å². The molecule has 2 aromatic rings. The quantitative estimate of drug-likeness (QED) is 0.872. The molecule has 1 aromatic heterocycles. The first kappa shape index (κ1) is 13.4. The van der Waals surface area contributed by atoms with Gasteiger partial charge in [-0.3, -0.25) is 9.52 Å². The van der Waals surface area contributed by atoms with Crippen LogP contribution in [0.4, 0.5) is 5.69 Å². The van der Waals surface area contributed by atoms with Crippen LogP contribution in [-0.4, -0.2) is 21.0 Å². The summed E-state index contributed by atoms with van der Waals surface area (Å²) in [5, 5.41) is 0. The number of furan rings is 1. The van der Waals surface area contributed by atoms with E-state index in [9.17, 15) is 13.2 Å². The van der Waals surface area contributed by atoms with Gasteiger partial charge < -0.3 is 4.42 Å². The van der Waals surface area contributed by atoms with Gasteiger partial charge >= 0.3 is 0 Å². The molecule has 1 aromatic carbocycles. The summed E-state index contributed by atoms with van der Waals surface area (Å²) in [7, 11) is -3.29. The molecule has 0 aliphatic heterocycles. The average Bonchev–Trinajstić information content (AvgIpc) is 2.75. The minimum absolute atomic E-state index is 0.257. The highest BCUT2D eigenvalue weighted by Gasteiger charge is 2.09. The normalized spacial score (nSPS) is 11.3. The van der Waals surface area contributed by atoms with Crippen molar-refractivity contribution in [3.8, 4) is 11.3 Å². The maximum Gasteiger partial charge on any atom is 0.229 e. The number of aldehydes is 1. The maximum absolute atomic E-state index is 11.1. The van der Waals surface area contributed by atoms with E-state index in [1.165, 1.54) is 0 Å². The predicted octanol–water partition coefficient (Wildman–Crippen LogP) is 2.44. The lowest BCUT2D eigenvalue weighted by Gasteiger charge is -2.07. The number of nitrogens with one attached hydrogen (secondary N) is 1. The molecule has 100 valence electrons. The summed E-state index contributed by atoms with van der Waals surface area (Å²) in [6, 6.07) is 8.39. The van der Waals surface area contributed by atoms with Crippen LogP contribution in [0.15, 0.2) is 34.7 Å². The van der Waals surface area contributed by atoms with Crippen LogP contribution in [0.25, 0.3) is 11.3 Å².